The Morgan fingerprint density at radius 3 is 2.90 bits per heavy atom. The van der Waals surface area contributed by atoms with Gasteiger partial charge in [-0.05, 0) is 0 Å². The fraction of sp³-hybridized carbons (Fsp3) is 0.250. The Morgan fingerprint density at radius 1 is 1.80 bits per heavy atom. The molecule has 54 valence electrons. The van der Waals surface area contributed by atoms with Gasteiger partial charge >= 0.3 is 0 Å². The molecule has 0 aliphatic rings. The van der Waals surface area contributed by atoms with Gasteiger partial charge in [-0.1, -0.05) is 5.21 Å². The van der Waals surface area contributed by atoms with Gasteiger partial charge in [0.2, 0.25) is 11.6 Å². The van der Waals surface area contributed by atoms with Gasteiger partial charge in [-0.3, -0.25) is 4.79 Å². The van der Waals surface area contributed by atoms with E-state index in [0.717, 1.165) is 0 Å². The first-order valence-electron chi connectivity index (χ1n) is 2.50. The maximum Gasteiger partial charge on any atom is 0.274 e. The van der Waals surface area contributed by atoms with E-state index in [1.807, 2.05) is 0 Å². The largest absolute Gasteiger partial charge is 0.480 e. The van der Waals surface area contributed by atoms with Crippen molar-refractivity contribution in [3.05, 3.63) is 5.69 Å². The summed E-state index contributed by atoms with van der Waals surface area (Å²) in [7, 11) is 1.39. The first kappa shape index (κ1) is 6.53. The summed E-state index contributed by atoms with van der Waals surface area (Å²) in [6.07, 6.45) is 0. The van der Waals surface area contributed by atoms with Gasteiger partial charge in [-0.15, -0.1) is 5.10 Å². The van der Waals surface area contributed by atoms with Crippen molar-refractivity contribution in [2.45, 2.75) is 0 Å². The lowest BCUT2D eigenvalue weighted by Crippen LogP contribution is -2.12. The molecule has 0 radical (unpaired) electrons. The first-order chi connectivity index (χ1) is 4.75. The Balaban J connectivity index is 3.01. The van der Waals surface area contributed by atoms with Gasteiger partial charge in [-0.25, -0.2) is 5.10 Å². The number of nitrogens with zero attached hydrogens (tertiary/aromatic N) is 2. The molecule has 0 fully saturated rings. The fourth-order valence-corrected chi connectivity index (χ4v) is 0.522. The third-order valence-electron chi connectivity index (χ3n) is 0.954. The van der Waals surface area contributed by atoms with Gasteiger partial charge in [0.15, 0.2) is 0 Å². The van der Waals surface area contributed by atoms with Crippen molar-refractivity contribution in [1.29, 1.82) is 0 Å². The van der Waals surface area contributed by atoms with Crippen LogP contribution >= 0.6 is 0 Å². The molecule has 3 N–H and O–H groups in total. The van der Waals surface area contributed by atoms with Crippen LogP contribution in [0.1, 0.15) is 10.5 Å². The summed E-state index contributed by atoms with van der Waals surface area (Å²) in [6.45, 7) is 0. The van der Waals surface area contributed by atoms with Gasteiger partial charge in [0, 0.05) is 0 Å². The van der Waals surface area contributed by atoms with Gasteiger partial charge in [0.1, 0.15) is 0 Å². The molecule has 0 saturated heterocycles. The Bertz CT molecular complexity index is 243. The zero-order valence-corrected chi connectivity index (χ0v) is 5.29. The van der Waals surface area contributed by atoms with Crippen LogP contribution in [0.25, 0.3) is 0 Å². The number of amides is 1. The highest BCUT2D eigenvalue weighted by Gasteiger charge is 2.11. The Hall–Kier alpha value is -1.59. The molecule has 0 unspecified atom stereocenters. The van der Waals surface area contributed by atoms with Crippen LogP contribution in [-0.4, -0.2) is 28.4 Å². The molecule has 1 aromatic rings. The highest BCUT2D eigenvalue weighted by molar-refractivity contribution is 5.92. The van der Waals surface area contributed by atoms with Crippen molar-refractivity contribution in [2.75, 3.05) is 7.11 Å². The maximum absolute atomic E-state index is 10.5. The topological polar surface area (TPSA) is 93.9 Å². The van der Waals surface area contributed by atoms with E-state index in [1.165, 1.54) is 7.11 Å². The smallest absolute Gasteiger partial charge is 0.274 e. The number of carbonyl (C=O) groups excluding carboxylic acids is 1. The van der Waals surface area contributed by atoms with E-state index in [0.29, 0.717) is 0 Å². The zero-order valence-electron chi connectivity index (χ0n) is 5.29. The van der Waals surface area contributed by atoms with Crippen molar-refractivity contribution in [1.82, 2.24) is 15.4 Å². The zero-order chi connectivity index (χ0) is 7.56. The number of carbonyl (C=O) groups is 1. The van der Waals surface area contributed by atoms with E-state index in [1.54, 1.807) is 0 Å². The predicted molar refractivity (Wildman–Crippen MR) is 31.5 cm³/mol. The average Bonchev–Trinajstić information content (AvgIpc) is 2.33. The number of methoxy groups -OCH3 is 1. The Morgan fingerprint density at radius 2 is 2.50 bits per heavy atom. The number of ether oxygens (including phenoxy) is 1. The lowest BCUT2D eigenvalue weighted by Gasteiger charge is -1.92. The Labute approximate surface area is 56.4 Å². The molecule has 0 aliphatic heterocycles. The summed E-state index contributed by atoms with van der Waals surface area (Å²) in [4.78, 5) is 10.5. The highest BCUT2D eigenvalue weighted by Crippen LogP contribution is 2.07. The van der Waals surface area contributed by atoms with E-state index in [9.17, 15) is 4.79 Å². The summed E-state index contributed by atoms with van der Waals surface area (Å²) in [5.74, 6) is -0.474. The van der Waals surface area contributed by atoms with Crippen LogP contribution in [0, 0.1) is 0 Å². The number of hydrogen-bond acceptors (Lipinski definition) is 4. The molecule has 10 heavy (non-hydrogen) atoms. The minimum absolute atomic E-state index is 0.0162. The summed E-state index contributed by atoms with van der Waals surface area (Å²) in [5.41, 5.74) is 4.91. The van der Waals surface area contributed by atoms with E-state index in [2.05, 4.69) is 20.1 Å². The maximum atomic E-state index is 10.5. The van der Waals surface area contributed by atoms with Crippen molar-refractivity contribution in [3.63, 3.8) is 0 Å². The normalized spacial score (nSPS) is 9.30. The Kier molecular flexibility index (Phi) is 1.53. The van der Waals surface area contributed by atoms with Crippen LogP contribution < -0.4 is 10.5 Å². The van der Waals surface area contributed by atoms with Crippen LogP contribution in [0.15, 0.2) is 0 Å². The SMILES string of the molecule is COc1[nH]nnc1C(N)=O. The molecule has 0 bridgehead atoms. The minimum Gasteiger partial charge on any atom is -0.480 e. The standard InChI is InChI=1S/C4H6N4O2/c1-10-4-2(3(5)9)6-8-7-4/h1H3,(H2,5,9)(H,6,7,8). The quantitative estimate of drug-likeness (QED) is 0.548. The number of primary amides is 1. The van der Waals surface area contributed by atoms with Crippen LogP contribution in [0.3, 0.4) is 0 Å². The molecule has 1 heterocycles. The molecule has 1 amide bonds. The molecule has 6 heteroatoms. The van der Waals surface area contributed by atoms with E-state index >= 15 is 0 Å². The number of aromatic amines is 1. The number of aromatic nitrogens is 3. The minimum atomic E-state index is -0.661. The third kappa shape index (κ3) is 0.903. The van der Waals surface area contributed by atoms with Crippen molar-refractivity contribution < 1.29 is 9.53 Å². The van der Waals surface area contributed by atoms with E-state index in [4.69, 9.17) is 5.73 Å². The van der Waals surface area contributed by atoms with Gasteiger partial charge in [0.25, 0.3) is 5.91 Å². The second-order valence-corrected chi connectivity index (χ2v) is 1.56. The highest BCUT2D eigenvalue weighted by atomic mass is 16.5. The van der Waals surface area contributed by atoms with Crippen LogP contribution in [0.2, 0.25) is 0 Å². The number of H-pyrrole nitrogens is 1. The second-order valence-electron chi connectivity index (χ2n) is 1.56. The molecule has 6 nitrogen and oxygen atoms in total. The number of nitrogens with two attached hydrogens (primary N) is 1. The van der Waals surface area contributed by atoms with E-state index < -0.39 is 5.91 Å². The predicted octanol–water partition coefficient (Wildman–Crippen LogP) is -1.09. The fourth-order valence-electron chi connectivity index (χ4n) is 0.522. The van der Waals surface area contributed by atoms with Gasteiger partial charge in [0.05, 0.1) is 7.11 Å². The summed E-state index contributed by atoms with van der Waals surface area (Å²) >= 11 is 0. The van der Waals surface area contributed by atoms with Gasteiger partial charge in [-0.2, -0.15) is 0 Å². The second kappa shape index (κ2) is 2.34. The summed E-state index contributed by atoms with van der Waals surface area (Å²) < 4.78 is 4.67. The number of hydrogen-bond donors (Lipinski definition) is 2. The molecule has 0 aromatic carbocycles. The molecule has 0 spiro atoms. The molecular formula is C4H6N4O2. The number of rotatable bonds is 2. The lowest BCUT2D eigenvalue weighted by atomic mass is 10.4. The van der Waals surface area contributed by atoms with Crippen molar-refractivity contribution in [3.8, 4) is 5.88 Å². The molecule has 0 aliphatic carbocycles. The lowest BCUT2D eigenvalue weighted by molar-refractivity contribution is 0.0992. The van der Waals surface area contributed by atoms with Crippen molar-refractivity contribution in [2.24, 2.45) is 5.73 Å². The van der Waals surface area contributed by atoms with Crippen LogP contribution in [0.5, 0.6) is 5.88 Å². The molecule has 0 saturated carbocycles. The average molecular weight is 142 g/mol. The van der Waals surface area contributed by atoms with Crippen LogP contribution in [-0.2, 0) is 0 Å². The molecular weight excluding hydrogens is 136 g/mol. The third-order valence-corrected chi connectivity index (χ3v) is 0.954. The first-order valence-corrected chi connectivity index (χ1v) is 2.50. The molecule has 1 rings (SSSR count). The number of nitrogens with one attached hydrogen (secondary N) is 1. The van der Waals surface area contributed by atoms with Crippen molar-refractivity contribution >= 4 is 5.91 Å². The monoisotopic (exact) mass is 142 g/mol. The molecule has 0 atom stereocenters. The van der Waals surface area contributed by atoms with Crippen LogP contribution in [0.4, 0.5) is 0 Å². The van der Waals surface area contributed by atoms with Gasteiger partial charge < -0.3 is 10.5 Å². The van der Waals surface area contributed by atoms with E-state index in [-0.39, 0.29) is 11.6 Å². The molecule has 1 aromatic heterocycles. The summed E-state index contributed by atoms with van der Waals surface area (Å²) in [5, 5.41) is 9.05. The summed E-state index contributed by atoms with van der Waals surface area (Å²) in [6, 6.07) is 0.